The highest BCUT2D eigenvalue weighted by Crippen LogP contribution is 2.19. The Morgan fingerprint density at radius 1 is 1.21 bits per heavy atom. The van der Waals surface area contributed by atoms with Crippen LogP contribution < -0.4 is 20.1 Å². The molecule has 0 radical (unpaired) electrons. The molecule has 2 rings (SSSR count). The van der Waals surface area contributed by atoms with E-state index in [1.807, 2.05) is 0 Å². The summed E-state index contributed by atoms with van der Waals surface area (Å²) in [5.74, 6) is 0.393. The minimum atomic E-state index is -4.47. The maximum absolute atomic E-state index is 13.3. The predicted octanol–water partition coefficient (Wildman–Crippen LogP) is 3.54. The summed E-state index contributed by atoms with van der Waals surface area (Å²) in [5, 5.41) is 5.00. The molecular weight excluding hydrogens is 382 g/mol. The molecule has 2 N–H and O–H groups in total. The Morgan fingerprint density at radius 2 is 1.93 bits per heavy atom. The summed E-state index contributed by atoms with van der Waals surface area (Å²) in [7, 11) is 1.51. The number of ether oxygens (including phenoxy) is 2. The zero-order valence-corrected chi connectivity index (χ0v) is 14.9. The molecule has 0 fully saturated rings. The van der Waals surface area contributed by atoms with E-state index in [0.717, 1.165) is 0 Å². The zero-order chi connectivity index (χ0) is 20.6. The second-order valence-electron chi connectivity index (χ2n) is 5.71. The number of pyridine rings is 1. The van der Waals surface area contributed by atoms with Gasteiger partial charge in [0, 0.05) is 18.8 Å². The monoisotopic (exact) mass is 401 g/mol. The standard InChI is InChI=1S/C18H19F4N3O3/c1-27-14-4-2-13(3-5-14)15(9-19)25-17(26)24-10-12-6-7-23-16(8-12)28-11-18(20,21)22/h2-8,15H,9-11H2,1H3,(H2,24,25,26)/t15-/m0/s1. The fourth-order valence-electron chi connectivity index (χ4n) is 2.23. The number of methoxy groups -OCH3 is 1. The van der Waals surface area contributed by atoms with Gasteiger partial charge in [0.05, 0.1) is 13.2 Å². The first-order valence-corrected chi connectivity index (χ1v) is 8.19. The first kappa shape index (κ1) is 21.3. The van der Waals surface area contributed by atoms with Gasteiger partial charge in [0.25, 0.3) is 0 Å². The molecule has 0 aliphatic carbocycles. The van der Waals surface area contributed by atoms with Crippen molar-refractivity contribution in [1.82, 2.24) is 15.6 Å². The molecule has 28 heavy (non-hydrogen) atoms. The van der Waals surface area contributed by atoms with Crippen LogP contribution in [0.2, 0.25) is 0 Å². The molecule has 1 heterocycles. The highest BCUT2D eigenvalue weighted by Gasteiger charge is 2.28. The summed E-state index contributed by atoms with van der Waals surface area (Å²) >= 11 is 0. The number of nitrogens with zero attached hydrogens (tertiary/aromatic N) is 1. The summed E-state index contributed by atoms with van der Waals surface area (Å²) < 4.78 is 59.4. The van der Waals surface area contributed by atoms with Crippen molar-refractivity contribution in [2.24, 2.45) is 0 Å². The Bertz CT molecular complexity index is 769. The quantitative estimate of drug-likeness (QED) is 0.664. The fourth-order valence-corrected chi connectivity index (χ4v) is 2.23. The van der Waals surface area contributed by atoms with Crippen molar-refractivity contribution in [3.8, 4) is 11.6 Å². The molecule has 1 aromatic carbocycles. The van der Waals surface area contributed by atoms with Gasteiger partial charge in [-0.15, -0.1) is 0 Å². The molecule has 0 bridgehead atoms. The average molecular weight is 401 g/mol. The van der Waals surface area contributed by atoms with E-state index in [1.54, 1.807) is 24.3 Å². The van der Waals surface area contributed by atoms with E-state index in [1.165, 1.54) is 25.4 Å². The van der Waals surface area contributed by atoms with Gasteiger partial charge in [0.2, 0.25) is 5.88 Å². The number of alkyl halides is 4. The van der Waals surface area contributed by atoms with Crippen LogP contribution in [0.5, 0.6) is 11.6 Å². The molecule has 0 aliphatic heterocycles. The molecule has 0 saturated carbocycles. The topological polar surface area (TPSA) is 72.5 Å². The molecule has 1 aromatic heterocycles. The first-order chi connectivity index (χ1) is 13.3. The number of nitrogens with one attached hydrogen (secondary N) is 2. The number of carbonyl (C=O) groups is 1. The Kier molecular flexibility index (Phi) is 7.42. The number of urea groups is 1. The Labute approximate surface area is 158 Å². The van der Waals surface area contributed by atoms with Crippen LogP contribution in [0.4, 0.5) is 22.4 Å². The lowest BCUT2D eigenvalue weighted by molar-refractivity contribution is -0.154. The lowest BCUT2D eigenvalue weighted by Crippen LogP contribution is -2.38. The van der Waals surface area contributed by atoms with Gasteiger partial charge in [-0.2, -0.15) is 13.2 Å². The summed E-state index contributed by atoms with van der Waals surface area (Å²) in [4.78, 5) is 15.7. The number of benzene rings is 1. The molecule has 2 amide bonds. The number of halogens is 4. The van der Waals surface area contributed by atoms with Gasteiger partial charge in [-0.05, 0) is 29.3 Å². The van der Waals surface area contributed by atoms with Crippen molar-refractivity contribution in [3.05, 3.63) is 53.7 Å². The van der Waals surface area contributed by atoms with Crippen molar-refractivity contribution in [3.63, 3.8) is 0 Å². The van der Waals surface area contributed by atoms with E-state index in [0.29, 0.717) is 16.9 Å². The second-order valence-corrected chi connectivity index (χ2v) is 5.71. The summed E-state index contributed by atoms with van der Waals surface area (Å²) in [6.45, 7) is -2.28. The Balaban J connectivity index is 1.88. The molecular formula is C18H19F4N3O3. The van der Waals surface area contributed by atoms with E-state index >= 15 is 0 Å². The molecule has 10 heteroatoms. The van der Waals surface area contributed by atoms with Crippen molar-refractivity contribution in [2.75, 3.05) is 20.4 Å². The molecule has 0 aliphatic rings. The number of carbonyl (C=O) groups excluding carboxylic acids is 1. The highest BCUT2D eigenvalue weighted by molar-refractivity contribution is 5.74. The van der Waals surface area contributed by atoms with Crippen LogP contribution in [0.15, 0.2) is 42.6 Å². The minimum Gasteiger partial charge on any atom is -0.497 e. The third kappa shape index (κ3) is 6.93. The third-order valence-corrected chi connectivity index (χ3v) is 3.61. The van der Waals surface area contributed by atoms with Crippen LogP contribution in [0, 0.1) is 0 Å². The van der Waals surface area contributed by atoms with E-state index in [-0.39, 0.29) is 12.4 Å². The summed E-state index contributed by atoms with van der Waals surface area (Å²) in [6, 6.07) is 7.88. The molecule has 0 saturated heterocycles. The largest absolute Gasteiger partial charge is 0.497 e. The predicted molar refractivity (Wildman–Crippen MR) is 92.9 cm³/mol. The number of amides is 2. The maximum atomic E-state index is 13.3. The Morgan fingerprint density at radius 3 is 2.54 bits per heavy atom. The van der Waals surface area contributed by atoms with Crippen LogP contribution in [0.1, 0.15) is 17.2 Å². The van der Waals surface area contributed by atoms with E-state index in [2.05, 4.69) is 20.4 Å². The first-order valence-electron chi connectivity index (χ1n) is 8.19. The normalized spacial score (nSPS) is 12.2. The van der Waals surface area contributed by atoms with E-state index < -0.39 is 31.5 Å². The number of rotatable bonds is 8. The fraction of sp³-hybridized carbons (Fsp3) is 0.333. The van der Waals surface area contributed by atoms with Crippen molar-refractivity contribution < 1.29 is 31.8 Å². The van der Waals surface area contributed by atoms with Crippen LogP contribution in [0.3, 0.4) is 0 Å². The van der Waals surface area contributed by atoms with Crippen molar-refractivity contribution >= 4 is 6.03 Å². The number of hydrogen-bond acceptors (Lipinski definition) is 4. The van der Waals surface area contributed by atoms with Gasteiger partial charge in [0.15, 0.2) is 6.61 Å². The zero-order valence-electron chi connectivity index (χ0n) is 14.9. The van der Waals surface area contributed by atoms with Gasteiger partial charge in [0.1, 0.15) is 12.4 Å². The molecule has 0 unspecified atom stereocenters. The summed E-state index contributed by atoms with van der Waals surface area (Å²) in [5.41, 5.74) is 1.04. The van der Waals surface area contributed by atoms with E-state index in [4.69, 9.17) is 4.74 Å². The average Bonchev–Trinajstić information content (AvgIpc) is 2.69. The maximum Gasteiger partial charge on any atom is 0.422 e. The molecule has 1 atom stereocenters. The lowest BCUT2D eigenvalue weighted by Gasteiger charge is -2.17. The van der Waals surface area contributed by atoms with Crippen LogP contribution >= 0.6 is 0 Å². The van der Waals surface area contributed by atoms with Gasteiger partial charge in [-0.1, -0.05) is 12.1 Å². The van der Waals surface area contributed by atoms with Gasteiger partial charge < -0.3 is 20.1 Å². The molecule has 152 valence electrons. The molecule has 6 nitrogen and oxygen atoms in total. The minimum absolute atomic E-state index is 0.00164. The smallest absolute Gasteiger partial charge is 0.422 e. The van der Waals surface area contributed by atoms with Gasteiger partial charge in [-0.3, -0.25) is 0 Å². The molecule has 0 spiro atoms. The Hall–Kier alpha value is -3.04. The highest BCUT2D eigenvalue weighted by atomic mass is 19.4. The SMILES string of the molecule is COc1ccc([C@H](CF)NC(=O)NCc2ccnc(OCC(F)(F)F)c2)cc1. The summed E-state index contributed by atoms with van der Waals surface area (Å²) in [6.07, 6.45) is -3.21. The van der Waals surface area contributed by atoms with Crippen molar-refractivity contribution in [1.29, 1.82) is 0 Å². The third-order valence-electron chi connectivity index (χ3n) is 3.61. The van der Waals surface area contributed by atoms with Crippen molar-refractivity contribution in [2.45, 2.75) is 18.8 Å². The van der Waals surface area contributed by atoms with Gasteiger partial charge >= 0.3 is 12.2 Å². The molecule has 2 aromatic rings. The van der Waals surface area contributed by atoms with Crippen LogP contribution in [-0.4, -0.2) is 37.6 Å². The lowest BCUT2D eigenvalue weighted by atomic mass is 10.1. The van der Waals surface area contributed by atoms with Gasteiger partial charge in [-0.25, -0.2) is 14.2 Å². The van der Waals surface area contributed by atoms with Crippen LogP contribution in [-0.2, 0) is 6.54 Å². The number of hydrogen-bond donors (Lipinski definition) is 2. The number of aromatic nitrogens is 1. The second kappa shape index (κ2) is 9.77. The van der Waals surface area contributed by atoms with Crippen LogP contribution in [0.25, 0.3) is 0 Å². The van der Waals surface area contributed by atoms with E-state index in [9.17, 15) is 22.4 Å².